The number of likely N-dealkylation sites (tertiary alicyclic amines) is 1. The zero-order chi connectivity index (χ0) is 22.6. The van der Waals surface area contributed by atoms with Crippen LogP contribution in [0, 0.1) is 5.82 Å². The van der Waals surface area contributed by atoms with Gasteiger partial charge in [0.2, 0.25) is 0 Å². The Kier molecular flexibility index (Phi) is 6.32. The third-order valence-electron chi connectivity index (χ3n) is 6.76. The number of ketones is 1. The van der Waals surface area contributed by atoms with Crippen LogP contribution in [0.5, 0.6) is 0 Å². The maximum Gasteiger partial charge on any atom is 0.162 e. The molecule has 0 amide bonds. The largest absolute Gasteiger partial charge is 0.303 e. The average molecular weight is 438 g/mol. The van der Waals surface area contributed by atoms with Crippen LogP contribution in [0.3, 0.4) is 0 Å². The van der Waals surface area contributed by atoms with Crippen LogP contribution in [0.1, 0.15) is 58.3 Å². The molecule has 0 spiro atoms. The van der Waals surface area contributed by atoms with Crippen molar-refractivity contribution in [3.63, 3.8) is 0 Å². The second-order valence-corrected chi connectivity index (χ2v) is 8.86. The second kappa shape index (κ2) is 9.68. The van der Waals surface area contributed by atoms with Crippen LogP contribution in [-0.2, 0) is 0 Å². The monoisotopic (exact) mass is 437 g/mol. The molecule has 1 aliphatic heterocycles. The number of fused-ring (bicyclic) bond motifs is 2. The lowest BCUT2D eigenvalue weighted by Crippen LogP contribution is -2.32. The number of hydrogen-bond donors (Lipinski definition) is 0. The first-order chi connectivity index (χ1) is 16.2. The van der Waals surface area contributed by atoms with E-state index in [1.807, 2.05) is 0 Å². The van der Waals surface area contributed by atoms with E-state index in [0.717, 1.165) is 38.9 Å². The first-order valence-electron chi connectivity index (χ1n) is 11.8. The quantitative estimate of drug-likeness (QED) is 0.318. The number of rotatable bonds is 5. The standard InChI is InChI=1S/C30H28FNO/c31-26-15-13-24(14-16-26)29(33)10-5-19-32-20-17-25(18-21-32)30-27-8-3-1-6-22(27)11-12-23-7-2-4-9-28(23)30/h1-4,6-9,11-16H,5,10,17-21H2. The highest BCUT2D eigenvalue weighted by Crippen LogP contribution is 2.38. The highest BCUT2D eigenvalue weighted by Gasteiger charge is 2.22. The predicted molar refractivity (Wildman–Crippen MR) is 133 cm³/mol. The molecule has 1 fully saturated rings. The molecule has 3 aromatic rings. The summed E-state index contributed by atoms with van der Waals surface area (Å²) in [6.45, 7) is 2.95. The van der Waals surface area contributed by atoms with Gasteiger partial charge in [0.25, 0.3) is 0 Å². The summed E-state index contributed by atoms with van der Waals surface area (Å²) in [6, 6.07) is 23.2. The number of Topliss-reactive ketones (excluding diaryl/α,β-unsaturated/α-hetero) is 1. The Morgan fingerprint density at radius 2 is 1.36 bits per heavy atom. The molecule has 33 heavy (non-hydrogen) atoms. The summed E-state index contributed by atoms with van der Waals surface area (Å²) in [4.78, 5) is 14.8. The van der Waals surface area contributed by atoms with Crippen LogP contribution in [0.15, 0.2) is 78.4 Å². The highest BCUT2D eigenvalue weighted by molar-refractivity contribution is 5.96. The van der Waals surface area contributed by atoms with E-state index >= 15 is 0 Å². The highest BCUT2D eigenvalue weighted by atomic mass is 19.1. The lowest BCUT2D eigenvalue weighted by Gasteiger charge is -2.30. The van der Waals surface area contributed by atoms with E-state index in [4.69, 9.17) is 0 Å². The number of hydrogen-bond acceptors (Lipinski definition) is 2. The van der Waals surface area contributed by atoms with E-state index in [2.05, 4.69) is 65.6 Å². The number of carbonyl (C=O) groups excluding carboxylic acids is 1. The van der Waals surface area contributed by atoms with E-state index in [0.29, 0.717) is 12.0 Å². The molecule has 0 atom stereocenters. The van der Waals surface area contributed by atoms with Crippen molar-refractivity contribution in [2.45, 2.75) is 25.7 Å². The van der Waals surface area contributed by atoms with Crippen LogP contribution < -0.4 is 0 Å². The normalized spacial score (nSPS) is 15.7. The molecule has 0 radical (unpaired) electrons. The topological polar surface area (TPSA) is 20.3 Å². The molecule has 166 valence electrons. The summed E-state index contributed by atoms with van der Waals surface area (Å²) in [5.41, 5.74) is 8.73. The number of carbonyl (C=O) groups is 1. The van der Waals surface area contributed by atoms with Gasteiger partial charge < -0.3 is 4.90 Å². The van der Waals surface area contributed by atoms with Crippen LogP contribution in [0.2, 0.25) is 0 Å². The molecule has 1 saturated heterocycles. The molecule has 0 bridgehead atoms. The molecule has 0 N–H and O–H groups in total. The van der Waals surface area contributed by atoms with Gasteiger partial charge in [-0.3, -0.25) is 4.79 Å². The predicted octanol–water partition coefficient (Wildman–Crippen LogP) is 6.87. The minimum atomic E-state index is -0.306. The van der Waals surface area contributed by atoms with Crippen molar-refractivity contribution >= 4 is 23.5 Å². The van der Waals surface area contributed by atoms with Gasteiger partial charge in [-0.2, -0.15) is 0 Å². The zero-order valence-electron chi connectivity index (χ0n) is 18.8. The molecule has 3 heteroatoms. The molecule has 2 nitrogen and oxygen atoms in total. The van der Waals surface area contributed by atoms with Crippen LogP contribution in [0.4, 0.5) is 4.39 Å². The van der Waals surface area contributed by atoms with Gasteiger partial charge in [0, 0.05) is 25.1 Å². The van der Waals surface area contributed by atoms with Gasteiger partial charge in [-0.25, -0.2) is 4.39 Å². The number of halogens is 1. The van der Waals surface area contributed by atoms with Gasteiger partial charge in [0.15, 0.2) is 5.78 Å². The van der Waals surface area contributed by atoms with Gasteiger partial charge in [-0.05, 0) is 77.9 Å². The minimum absolute atomic E-state index is 0.0917. The van der Waals surface area contributed by atoms with Gasteiger partial charge in [-0.1, -0.05) is 66.3 Å². The van der Waals surface area contributed by atoms with Crippen LogP contribution in [-0.4, -0.2) is 30.3 Å². The smallest absolute Gasteiger partial charge is 0.162 e. The Labute approximate surface area is 195 Å². The Morgan fingerprint density at radius 3 is 1.97 bits per heavy atom. The lowest BCUT2D eigenvalue weighted by atomic mass is 9.86. The minimum Gasteiger partial charge on any atom is -0.303 e. The summed E-state index contributed by atoms with van der Waals surface area (Å²) in [5.74, 6) is -0.214. The van der Waals surface area contributed by atoms with Crippen molar-refractivity contribution in [3.8, 4) is 0 Å². The van der Waals surface area contributed by atoms with Crippen LogP contribution in [0.25, 0.3) is 17.7 Å². The van der Waals surface area contributed by atoms with Crippen molar-refractivity contribution in [2.75, 3.05) is 19.6 Å². The van der Waals surface area contributed by atoms with E-state index < -0.39 is 0 Å². The first kappa shape index (κ1) is 21.5. The number of nitrogens with zero attached hydrogens (tertiary/aromatic N) is 1. The van der Waals surface area contributed by atoms with E-state index in [9.17, 15) is 9.18 Å². The summed E-state index contributed by atoms with van der Waals surface area (Å²) < 4.78 is 13.1. The van der Waals surface area contributed by atoms with Crippen molar-refractivity contribution in [3.05, 3.63) is 112 Å². The molecule has 0 aromatic heterocycles. The Bertz CT molecular complexity index is 1160. The molecule has 5 rings (SSSR count). The van der Waals surface area contributed by atoms with E-state index in [-0.39, 0.29) is 11.6 Å². The molecule has 2 aliphatic rings. The van der Waals surface area contributed by atoms with Crippen LogP contribution >= 0.6 is 0 Å². The molecule has 1 aliphatic carbocycles. The summed E-state index contributed by atoms with van der Waals surface area (Å²) in [7, 11) is 0. The maximum atomic E-state index is 13.1. The number of benzene rings is 3. The Hall–Kier alpha value is -3.30. The van der Waals surface area contributed by atoms with Gasteiger partial charge in [0.05, 0.1) is 0 Å². The fourth-order valence-electron chi connectivity index (χ4n) is 4.99. The zero-order valence-corrected chi connectivity index (χ0v) is 18.8. The Morgan fingerprint density at radius 1 is 0.788 bits per heavy atom. The van der Waals surface area contributed by atoms with Gasteiger partial charge in [-0.15, -0.1) is 0 Å². The summed E-state index contributed by atoms with van der Waals surface area (Å²) in [5, 5.41) is 0. The number of piperidine rings is 1. The third-order valence-corrected chi connectivity index (χ3v) is 6.76. The molecule has 0 unspecified atom stereocenters. The van der Waals surface area contributed by atoms with Gasteiger partial charge >= 0.3 is 0 Å². The SMILES string of the molecule is O=C(CCCN1CCC(=C2c3ccccc3C=Cc3ccccc32)CC1)c1ccc(F)cc1. The summed E-state index contributed by atoms with van der Waals surface area (Å²) in [6.07, 6.45) is 7.89. The molecular weight excluding hydrogens is 409 g/mol. The molecular formula is C30H28FNO. The van der Waals surface area contributed by atoms with Crippen molar-refractivity contribution in [1.29, 1.82) is 0 Å². The van der Waals surface area contributed by atoms with Crippen molar-refractivity contribution in [2.24, 2.45) is 0 Å². The molecule has 1 heterocycles. The van der Waals surface area contributed by atoms with Crippen molar-refractivity contribution < 1.29 is 9.18 Å². The first-order valence-corrected chi connectivity index (χ1v) is 11.8. The average Bonchev–Trinajstić information content (AvgIpc) is 3.02. The maximum absolute atomic E-state index is 13.1. The second-order valence-electron chi connectivity index (χ2n) is 8.86. The van der Waals surface area contributed by atoms with E-state index in [1.54, 1.807) is 12.1 Å². The molecule has 3 aromatic carbocycles. The fourth-order valence-corrected chi connectivity index (χ4v) is 4.99. The summed E-state index contributed by atoms with van der Waals surface area (Å²) >= 11 is 0. The third kappa shape index (κ3) is 4.74. The van der Waals surface area contributed by atoms with Crippen molar-refractivity contribution in [1.82, 2.24) is 4.90 Å². The van der Waals surface area contributed by atoms with Gasteiger partial charge in [0.1, 0.15) is 5.82 Å². The lowest BCUT2D eigenvalue weighted by molar-refractivity contribution is 0.0974. The van der Waals surface area contributed by atoms with E-state index in [1.165, 1.54) is 45.5 Å². The fraction of sp³-hybridized carbons (Fsp3) is 0.233. The Balaban J connectivity index is 1.27. The molecule has 0 saturated carbocycles.